The zero-order chi connectivity index (χ0) is 18.4. The van der Waals surface area contributed by atoms with E-state index in [-0.39, 0.29) is 15.8 Å². The molecule has 0 amide bonds. The van der Waals surface area contributed by atoms with Crippen LogP contribution < -0.4 is 10.7 Å². The molecule has 2 aromatic carbocycles. The van der Waals surface area contributed by atoms with Crippen LogP contribution in [0.25, 0.3) is 16.6 Å². The molecule has 0 unspecified atom stereocenters. The Morgan fingerprint density at radius 2 is 1.80 bits per heavy atom. The van der Waals surface area contributed by atoms with E-state index >= 15 is 0 Å². The average molecular weight is 398 g/mol. The minimum absolute atomic E-state index is 0.0396. The van der Waals surface area contributed by atoms with E-state index in [1.807, 2.05) is 6.92 Å². The van der Waals surface area contributed by atoms with Crippen molar-refractivity contribution in [3.8, 4) is 5.69 Å². The van der Waals surface area contributed by atoms with Crippen LogP contribution in [-0.2, 0) is 16.4 Å². The number of hydrogen-bond acceptors (Lipinski definition) is 4. The number of fused-ring (bicyclic) bond motifs is 1. The highest BCUT2D eigenvalue weighted by molar-refractivity contribution is 7.89. The molecule has 0 radical (unpaired) electrons. The van der Waals surface area contributed by atoms with Crippen LogP contribution in [0, 0.1) is 0 Å². The summed E-state index contributed by atoms with van der Waals surface area (Å²) < 4.78 is 24.2. The third-order valence-corrected chi connectivity index (χ3v) is 5.14. The van der Waals surface area contributed by atoms with Gasteiger partial charge in [-0.1, -0.05) is 30.1 Å². The lowest BCUT2D eigenvalue weighted by atomic mass is 10.2. The highest BCUT2D eigenvalue weighted by Crippen LogP contribution is 2.25. The number of sulfonamides is 1. The summed E-state index contributed by atoms with van der Waals surface area (Å²) in [6.45, 7) is 1.85. The summed E-state index contributed by atoms with van der Waals surface area (Å²) in [5.41, 5.74) is 0.514. The summed E-state index contributed by atoms with van der Waals surface area (Å²) >= 11 is 12.2. The third kappa shape index (κ3) is 3.28. The van der Waals surface area contributed by atoms with Crippen molar-refractivity contribution in [3.63, 3.8) is 0 Å². The molecule has 0 bridgehead atoms. The number of nitrogens with two attached hydrogens (primary N) is 1. The van der Waals surface area contributed by atoms with Gasteiger partial charge in [-0.2, -0.15) is 0 Å². The topological polar surface area (TPSA) is 95.0 Å². The van der Waals surface area contributed by atoms with Crippen LogP contribution in [0.2, 0.25) is 10.0 Å². The number of hydrogen-bond donors (Lipinski definition) is 1. The number of aryl methyl sites for hydroxylation is 1. The lowest BCUT2D eigenvalue weighted by Crippen LogP contribution is -2.24. The molecule has 0 fully saturated rings. The Morgan fingerprint density at radius 3 is 2.36 bits per heavy atom. The number of halogens is 2. The van der Waals surface area contributed by atoms with Gasteiger partial charge in [-0.3, -0.25) is 9.36 Å². The predicted octanol–water partition coefficient (Wildman–Crippen LogP) is 2.90. The van der Waals surface area contributed by atoms with E-state index in [0.717, 1.165) is 0 Å². The molecule has 0 spiro atoms. The number of benzene rings is 2. The molecule has 3 rings (SSSR count). The first-order valence-corrected chi connectivity index (χ1v) is 9.56. The van der Waals surface area contributed by atoms with Crippen LogP contribution in [-0.4, -0.2) is 18.0 Å². The van der Waals surface area contributed by atoms with Gasteiger partial charge in [0, 0.05) is 11.4 Å². The Hall–Kier alpha value is -1.93. The zero-order valence-corrected chi connectivity index (χ0v) is 15.4. The Labute approximate surface area is 153 Å². The third-order valence-electron chi connectivity index (χ3n) is 3.70. The summed E-state index contributed by atoms with van der Waals surface area (Å²) in [6, 6.07) is 8.71. The van der Waals surface area contributed by atoms with Crippen molar-refractivity contribution in [2.75, 3.05) is 0 Å². The fraction of sp³-hybridized carbons (Fsp3) is 0.125. The van der Waals surface area contributed by atoms with E-state index in [0.29, 0.717) is 33.5 Å². The fourth-order valence-electron chi connectivity index (χ4n) is 2.55. The molecule has 6 nitrogen and oxygen atoms in total. The number of primary sulfonamides is 1. The number of rotatable bonds is 3. The van der Waals surface area contributed by atoms with Gasteiger partial charge in [-0.05, 0) is 36.4 Å². The van der Waals surface area contributed by atoms with Gasteiger partial charge in [0.1, 0.15) is 5.82 Å². The number of aromatic nitrogens is 2. The van der Waals surface area contributed by atoms with Crippen molar-refractivity contribution in [1.29, 1.82) is 0 Å². The molecular formula is C16H13Cl2N3O3S. The van der Waals surface area contributed by atoms with Crippen LogP contribution in [0.4, 0.5) is 0 Å². The standard InChI is InChI=1S/C16H13Cl2N3O3S/c1-2-14-20-15-12(7-9(17)8-13(15)18)16(22)21(14)10-3-5-11(6-4-10)25(19,23)24/h3-8H,2H2,1H3,(H2,19,23,24). The average Bonchev–Trinajstić information content (AvgIpc) is 2.54. The number of nitrogens with zero attached hydrogens (tertiary/aromatic N) is 2. The van der Waals surface area contributed by atoms with Gasteiger partial charge < -0.3 is 0 Å². The van der Waals surface area contributed by atoms with Crippen molar-refractivity contribution in [2.24, 2.45) is 5.14 Å². The lowest BCUT2D eigenvalue weighted by molar-refractivity contribution is 0.598. The second-order valence-corrected chi connectivity index (χ2v) is 7.75. The van der Waals surface area contributed by atoms with E-state index in [9.17, 15) is 13.2 Å². The molecule has 0 saturated carbocycles. The molecule has 0 aliphatic rings. The van der Waals surface area contributed by atoms with Gasteiger partial charge >= 0.3 is 0 Å². The van der Waals surface area contributed by atoms with E-state index < -0.39 is 10.0 Å². The highest BCUT2D eigenvalue weighted by Gasteiger charge is 2.15. The van der Waals surface area contributed by atoms with Crippen LogP contribution in [0.3, 0.4) is 0 Å². The Kier molecular flexibility index (Phi) is 4.59. The van der Waals surface area contributed by atoms with Gasteiger partial charge in [0.2, 0.25) is 10.0 Å². The Bertz CT molecular complexity index is 1140. The van der Waals surface area contributed by atoms with Gasteiger partial charge in [-0.15, -0.1) is 0 Å². The largest absolute Gasteiger partial charge is 0.268 e. The van der Waals surface area contributed by atoms with Gasteiger partial charge in [-0.25, -0.2) is 18.5 Å². The molecule has 0 saturated heterocycles. The summed E-state index contributed by atoms with van der Waals surface area (Å²) in [5, 5.41) is 6.01. The van der Waals surface area contributed by atoms with E-state index in [1.54, 1.807) is 0 Å². The van der Waals surface area contributed by atoms with Crippen molar-refractivity contribution in [3.05, 3.63) is 62.6 Å². The molecule has 3 aromatic rings. The molecule has 1 heterocycles. The highest BCUT2D eigenvalue weighted by atomic mass is 35.5. The van der Waals surface area contributed by atoms with Crippen LogP contribution in [0.15, 0.2) is 46.1 Å². The van der Waals surface area contributed by atoms with Gasteiger partial charge in [0.15, 0.2) is 0 Å². The van der Waals surface area contributed by atoms with E-state index in [4.69, 9.17) is 28.3 Å². The SMILES string of the molecule is CCc1nc2c(Cl)cc(Cl)cc2c(=O)n1-c1ccc(S(N)(=O)=O)cc1. The quantitative estimate of drug-likeness (QED) is 0.734. The summed E-state index contributed by atoms with van der Waals surface area (Å²) in [7, 11) is -3.81. The van der Waals surface area contributed by atoms with E-state index in [1.165, 1.54) is 41.0 Å². The first-order valence-electron chi connectivity index (χ1n) is 7.26. The zero-order valence-electron chi connectivity index (χ0n) is 13.0. The molecule has 1 aromatic heterocycles. The fourth-order valence-corrected chi connectivity index (χ4v) is 3.60. The van der Waals surface area contributed by atoms with Crippen LogP contribution in [0.5, 0.6) is 0 Å². The van der Waals surface area contributed by atoms with Crippen molar-refractivity contribution in [2.45, 2.75) is 18.2 Å². The molecule has 0 atom stereocenters. The van der Waals surface area contributed by atoms with Gasteiger partial charge in [0.25, 0.3) is 5.56 Å². The lowest BCUT2D eigenvalue weighted by Gasteiger charge is -2.13. The second-order valence-electron chi connectivity index (χ2n) is 5.34. The molecule has 130 valence electrons. The first kappa shape index (κ1) is 17.9. The van der Waals surface area contributed by atoms with Gasteiger partial charge in [0.05, 0.1) is 26.5 Å². The maximum Gasteiger partial charge on any atom is 0.266 e. The summed E-state index contributed by atoms with van der Waals surface area (Å²) in [4.78, 5) is 17.4. The monoisotopic (exact) mass is 397 g/mol. The maximum absolute atomic E-state index is 13.0. The van der Waals surface area contributed by atoms with Crippen molar-refractivity contribution < 1.29 is 8.42 Å². The molecule has 0 aliphatic carbocycles. The van der Waals surface area contributed by atoms with Crippen LogP contribution >= 0.6 is 23.2 Å². The molecular weight excluding hydrogens is 385 g/mol. The first-order chi connectivity index (χ1) is 11.7. The second kappa shape index (κ2) is 6.42. The Morgan fingerprint density at radius 1 is 1.16 bits per heavy atom. The molecule has 25 heavy (non-hydrogen) atoms. The molecule has 2 N–H and O–H groups in total. The smallest absolute Gasteiger partial charge is 0.266 e. The maximum atomic E-state index is 13.0. The minimum atomic E-state index is -3.81. The minimum Gasteiger partial charge on any atom is -0.268 e. The van der Waals surface area contributed by atoms with Crippen molar-refractivity contribution >= 4 is 44.1 Å². The van der Waals surface area contributed by atoms with E-state index in [2.05, 4.69) is 4.98 Å². The Balaban J connectivity index is 2.32. The predicted molar refractivity (Wildman–Crippen MR) is 98.1 cm³/mol. The summed E-state index contributed by atoms with van der Waals surface area (Å²) in [6.07, 6.45) is 0.473. The van der Waals surface area contributed by atoms with Crippen LogP contribution in [0.1, 0.15) is 12.7 Å². The summed E-state index contributed by atoms with van der Waals surface area (Å²) in [5.74, 6) is 0.491. The molecule has 0 aliphatic heterocycles. The van der Waals surface area contributed by atoms with Crippen molar-refractivity contribution in [1.82, 2.24) is 9.55 Å². The molecule has 9 heteroatoms. The normalized spacial score (nSPS) is 11.8.